The average molecular weight is 567 g/mol. The SMILES string of the molecule is CC(C)(CCCC1CCCC(c2ccccc2C2CCCC(CCCC(C)(C)C(=O)O)S2=O)S1=O)C(=O)O. The molecule has 0 aliphatic carbocycles. The van der Waals surface area contributed by atoms with Gasteiger partial charge in [-0.05, 0) is 90.2 Å². The summed E-state index contributed by atoms with van der Waals surface area (Å²) < 4.78 is 27.5. The van der Waals surface area contributed by atoms with Crippen molar-refractivity contribution in [3.63, 3.8) is 0 Å². The molecule has 0 saturated carbocycles. The highest BCUT2D eigenvalue weighted by molar-refractivity contribution is 7.86. The monoisotopic (exact) mass is 566 g/mol. The Morgan fingerprint density at radius 1 is 0.737 bits per heavy atom. The van der Waals surface area contributed by atoms with Gasteiger partial charge in [-0.3, -0.25) is 18.0 Å². The summed E-state index contributed by atoms with van der Waals surface area (Å²) in [5.41, 5.74) is 0.611. The van der Waals surface area contributed by atoms with Crippen LogP contribution in [0.3, 0.4) is 0 Å². The van der Waals surface area contributed by atoms with Gasteiger partial charge in [-0.2, -0.15) is 0 Å². The summed E-state index contributed by atoms with van der Waals surface area (Å²) in [5, 5.41) is 18.8. The number of carbonyl (C=O) groups is 2. The first-order chi connectivity index (χ1) is 17.8. The summed E-state index contributed by atoms with van der Waals surface area (Å²) >= 11 is 0. The predicted octanol–water partition coefficient (Wildman–Crippen LogP) is 6.93. The summed E-state index contributed by atoms with van der Waals surface area (Å²) in [6.07, 6.45) is 9.69. The molecular formula is C30H46O6S2. The van der Waals surface area contributed by atoms with Crippen LogP contribution in [0.1, 0.15) is 126 Å². The molecule has 2 aliphatic rings. The average Bonchev–Trinajstić information content (AvgIpc) is 2.86. The molecule has 2 saturated heterocycles. The highest BCUT2D eigenvalue weighted by Crippen LogP contribution is 2.44. The Hall–Kier alpha value is -1.54. The number of hydrogen-bond donors (Lipinski definition) is 2. The molecule has 2 heterocycles. The molecule has 8 heteroatoms. The molecule has 6 unspecified atom stereocenters. The predicted molar refractivity (Wildman–Crippen MR) is 154 cm³/mol. The van der Waals surface area contributed by atoms with E-state index in [1.807, 2.05) is 12.1 Å². The summed E-state index contributed by atoms with van der Waals surface area (Å²) in [5.74, 6) is -1.59. The van der Waals surface area contributed by atoms with Crippen LogP contribution in [-0.2, 0) is 31.2 Å². The Bertz CT molecular complexity index is 952. The van der Waals surface area contributed by atoms with Gasteiger partial charge in [0.2, 0.25) is 0 Å². The molecule has 214 valence electrons. The van der Waals surface area contributed by atoms with Crippen LogP contribution in [-0.4, -0.2) is 41.1 Å². The van der Waals surface area contributed by atoms with E-state index in [2.05, 4.69) is 12.1 Å². The summed E-state index contributed by atoms with van der Waals surface area (Å²) in [4.78, 5) is 22.9. The Balaban J connectivity index is 1.70. The summed E-state index contributed by atoms with van der Waals surface area (Å²) in [6, 6.07) is 8.13. The van der Waals surface area contributed by atoms with Crippen molar-refractivity contribution < 1.29 is 28.2 Å². The number of benzene rings is 1. The van der Waals surface area contributed by atoms with Crippen molar-refractivity contribution in [3.8, 4) is 0 Å². The lowest BCUT2D eigenvalue weighted by Crippen LogP contribution is -2.30. The van der Waals surface area contributed by atoms with Gasteiger partial charge in [-0.25, -0.2) is 0 Å². The topological polar surface area (TPSA) is 109 Å². The fourth-order valence-electron chi connectivity index (χ4n) is 5.93. The maximum atomic E-state index is 13.8. The minimum Gasteiger partial charge on any atom is -0.481 e. The first-order valence-electron chi connectivity index (χ1n) is 14.2. The second-order valence-electron chi connectivity index (χ2n) is 12.5. The second-order valence-corrected chi connectivity index (χ2v) is 16.3. The van der Waals surface area contributed by atoms with E-state index in [0.29, 0.717) is 12.8 Å². The van der Waals surface area contributed by atoms with Crippen molar-refractivity contribution in [3.05, 3.63) is 35.4 Å². The van der Waals surface area contributed by atoms with Gasteiger partial charge in [0.15, 0.2) is 0 Å². The normalized spacial score (nSPS) is 28.6. The minimum atomic E-state index is -1.06. The zero-order chi connectivity index (χ0) is 28.1. The highest BCUT2D eigenvalue weighted by atomic mass is 32.2. The van der Waals surface area contributed by atoms with Crippen LogP contribution in [0.2, 0.25) is 0 Å². The van der Waals surface area contributed by atoms with Gasteiger partial charge in [-0.1, -0.05) is 49.9 Å². The van der Waals surface area contributed by atoms with Crippen molar-refractivity contribution >= 4 is 33.5 Å². The first-order valence-corrected chi connectivity index (χ1v) is 16.7. The highest BCUT2D eigenvalue weighted by Gasteiger charge is 2.37. The molecule has 0 aromatic heterocycles. The number of carboxylic acids is 2. The Kier molecular flexibility index (Phi) is 10.8. The molecule has 1 aromatic carbocycles. The van der Waals surface area contributed by atoms with E-state index in [1.165, 1.54) is 0 Å². The van der Waals surface area contributed by atoms with Gasteiger partial charge >= 0.3 is 11.9 Å². The molecule has 2 N–H and O–H groups in total. The molecule has 6 nitrogen and oxygen atoms in total. The third-order valence-corrected chi connectivity index (χ3v) is 13.1. The quantitative estimate of drug-likeness (QED) is 0.284. The first kappa shape index (κ1) is 31.0. The van der Waals surface area contributed by atoms with E-state index >= 15 is 0 Å². The van der Waals surface area contributed by atoms with Crippen LogP contribution in [0, 0.1) is 10.8 Å². The van der Waals surface area contributed by atoms with Gasteiger partial charge in [0.1, 0.15) is 0 Å². The molecule has 0 radical (unpaired) electrons. The van der Waals surface area contributed by atoms with Crippen LogP contribution >= 0.6 is 0 Å². The van der Waals surface area contributed by atoms with Gasteiger partial charge < -0.3 is 10.2 Å². The molecule has 0 bridgehead atoms. The molecule has 0 amide bonds. The molecule has 2 fully saturated rings. The van der Waals surface area contributed by atoms with E-state index in [0.717, 1.165) is 75.3 Å². The van der Waals surface area contributed by atoms with E-state index in [9.17, 15) is 28.2 Å². The van der Waals surface area contributed by atoms with E-state index < -0.39 is 44.4 Å². The maximum Gasteiger partial charge on any atom is 0.309 e. The van der Waals surface area contributed by atoms with E-state index in [4.69, 9.17) is 0 Å². The molecule has 1 aromatic rings. The molecular weight excluding hydrogens is 520 g/mol. The standard InChI is InChI=1S/C30H46O6S2/c1-29(2,27(31)32)19-9-13-21-11-7-17-25(37(21)35)23-15-5-6-16-24(23)26-18-8-12-22(38(26)36)14-10-20-30(3,4)28(33)34/h5-6,15-16,21-22,25-26H,7-14,17-20H2,1-4H3,(H,31,32)(H,33,34). The van der Waals surface area contributed by atoms with Crippen molar-refractivity contribution in [2.75, 3.05) is 0 Å². The van der Waals surface area contributed by atoms with Crippen molar-refractivity contribution in [2.45, 2.75) is 126 Å². The van der Waals surface area contributed by atoms with Gasteiger partial charge in [0, 0.05) is 32.1 Å². The van der Waals surface area contributed by atoms with E-state index in [-0.39, 0.29) is 21.0 Å². The van der Waals surface area contributed by atoms with Crippen molar-refractivity contribution in [1.82, 2.24) is 0 Å². The lowest BCUT2D eigenvalue weighted by molar-refractivity contribution is -0.148. The molecule has 38 heavy (non-hydrogen) atoms. The molecule has 2 aliphatic heterocycles. The Morgan fingerprint density at radius 3 is 1.45 bits per heavy atom. The molecule has 0 spiro atoms. The lowest BCUT2D eigenvalue weighted by Gasteiger charge is -2.34. The van der Waals surface area contributed by atoms with Crippen LogP contribution < -0.4 is 0 Å². The van der Waals surface area contributed by atoms with Gasteiger partial charge in [-0.15, -0.1) is 0 Å². The number of carboxylic acid groups (broad SMARTS) is 2. The van der Waals surface area contributed by atoms with Crippen molar-refractivity contribution in [1.29, 1.82) is 0 Å². The Labute approximate surface area is 233 Å². The fraction of sp³-hybridized carbons (Fsp3) is 0.733. The smallest absolute Gasteiger partial charge is 0.309 e. The van der Waals surface area contributed by atoms with Crippen LogP contribution in [0.15, 0.2) is 24.3 Å². The number of hydrogen-bond acceptors (Lipinski definition) is 4. The maximum absolute atomic E-state index is 13.8. The van der Waals surface area contributed by atoms with Gasteiger partial charge in [0.05, 0.1) is 21.3 Å². The Morgan fingerprint density at radius 2 is 1.11 bits per heavy atom. The fourth-order valence-corrected chi connectivity index (χ4v) is 10.2. The third-order valence-electron chi connectivity index (χ3n) is 8.71. The molecule has 6 atom stereocenters. The zero-order valence-electron chi connectivity index (χ0n) is 23.4. The van der Waals surface area contributed by atoms with Crippen LogP contribution in [0.25, 0.3) is 0 Å². The lowest BCUT2D eigenvalue weighted by atomic mass is 9.86. The second kappa shape index (κ2) is 13.2. The van der Waals surface area contributed by atoms with Crippen LogP contribution in [0.5, 0.6) is 0 Å². The largest absolute Gasteiger partial charge is 0.481 e. The third kappa shape index (κ3) is 7.56. The zero-order valence-corrected chi connectivity index (χ0v) is 25.1. The summed E-state index contributed by atoms with van der Waals surface area (Å²) in [6.45, 7) is 6.99. The van der Waals surface area contributed by atoms with Crippen molar-refractivity contribution in [2.24, 2.45) is 10.8 Å². The number of rotatable bonds is 12. The van der Waals surface area contributed by atoms with Crippen LogP contribution in [0.4, 0.5) is 0 Å². The van der Waals surface area contributed by atoms with Gasteiger partial charge in [0.25, 0.3) is 0 Å². The molecule has 3 rings (SSSR count). The van der Waals surface area contributed by atoms with E-state index in [1.54, 1.807) is 27.7 Å². The number of aliphatic carboxylic acids is 2. The minimum absolute atomic E-state index is 0.0635. The summed E-state index contributed by atoms with van der Waals surface area (Å²) in [7, 11) is -2.12.